The second kappa shape index (κ2) is 5.39. The van der Waals surface area contributed by atoms with E-state index < -0.39 is 5.97 Å². The molecule has 0 aliphatic carbocycles. The van der Waals surface area contributed by atoms with Crippen LogP contribution >= 0.6 is 0 Å². The van der Waals surface area contributed by atoms with E-state index in [1.165, 1.54) is 0 Å². The number of aromatic amines is 1. The highest BCUT2D eigenvalue weighted by Crippen LogP contribution is 2.17. The average molecular weight is 258 g/mol. The van der Waals surface area contributed by atoms with Crippen LogP contribution in [0.2, 0.25) is 0 Å². The molecule has 0 atom stereocenters. The molecule has 5 heteroatoms. The SMILES string of the molecule is Cc1cc(NC(=O)Cc2ccccc2)c(C(=O)O)[nH]1. The van der Waals surface area contributed by atoms with Crippen molar-refractivity contribution >= 4 is 17.6 Å². The second-order valence-corrected chi connectivity index (χ2v) is 4.26. The molecule has 1 aromatic heterocycles. The zero-order valence-electron chi connectivity index (χ0n) is 10.4. The van der Waals surface area contributed by atoms with Gasteiger partial charge in [-0.2, -0.15) is 0 Å². The Balaban J connectivity index is 2.09. The van der Waals surface area contributed by atoms with Gasteiger partial charge in [0, 0.05) is 5.69 Å². The van der Waals surface area contributed by atoms with Crippen molar-refractivity contribution in [3.63, 3.8) is 0 Å². The number of anilines is 1. The minimum Gasteiger partial charge on any atom is -0.477 e. The largest absolute Gasteiger partial charge is 0.477 e. The van der Waals surface area contributed by atoms with Crippen molar-refractivity contribution in [3.8, 4) is 0 Å². The van der Waals surface area contributed by atoms with Crippen molar-refractivity contribution in [2.75, 3.05) is 5.32 Å². The molecule has 1 amide bonds. The van der Waals surface area contributed by atoms with Crippen LogP contribution < -0.4 is 5.32 Å². The summed E-state index contributed by atoms with van der Waals surface area (Å²) >= 11 is 0. The van der Waals surface area contributed by atoms with E-state index in [0.717, 1.165) is 5.56 Å². The number of carbonyl (C=O) groups is 2. The summed E-state index contributed by atoms with van der Waals surface area (Å²) in [6.45, 7) is 1.74. The highest BCUT2D eigenvalue weighted by Gasteiger charge is 2.15. The monoisotopic (exact) mass is 258 g/mol. The number of benzene rings is 1. The number of aryl methyl sites for hydroxylation is 1. The molecular weight excluding hydrogens is 244 g/mol. The van der Waals surface area contributed by atoms with Gasteiger partial charge in [0.2, 0.25) is 5.91 Å². The summed E-state index contributed by atoms with van der Waals surface area (Å²) in [5.74, 6) is -1.34. The first-order valence-electron chi connectivity index (χ1n) is 5.83. The van der Waals surface area contributed by atoms with E-state index in [2.05, 4.69) is 10.3 Å². The van der Waals surface area contributed by atoms with Crippen molar-refractivity contribution in [2.24, 2.45) is 0 Å². The van der Waals surface area contributed by atoms with Crippen LogP contribution in [0.4, 0.5) is 5.69 Å². The minimum absolute atomic E-state index is 0.00101. The fourth-order valence-electron chi connectivity index (χ4n) is 1.83. The summed E-state index contributed by atoms with van der Waals surface area (Å²) < 4.78 is 0. The first kappa shape index (κ1) is 12.9. The van der Waals surface area contributed by atoms with Crippen LogP contribution in [-0.4, -0.2) is 22.0 Å². The van der Waals surface area contributed by atoms with Gasteiger partial charge in [-0.1, -0.05) is 30.3 Å². The number of nitrogens with one attached hydrogen (secondary N) is 2. The summed E-state index contributed by atoms with van der Waals surface area (Å²) in [7, 11) is 0. The van der Waals surface area contributed by atoms with Gasteiger partial charge in [-0.05, 0) is 18.6 Å². The summed E-state index contributed by atoms with van der Waals surface area (Å²) in [6, 6.07) is 10.9. The lowest BCUT2D eigenvalue weighted by Gasteiger charge is -2.04. The fourth-order valence-corrected chi connectivity index (χ4v) is 1.83. The Morgan fingerprint density at radius 3 is 2.58 bits per heavy atom. The van der Waals surface area contributed by atoms with Crippen LogP contribution in [0.3, 0.4) is 0 Å². The molecule has 2 aromatic rings. The van der Waals surface area contributed by atoms with E-state index in [1.807, 2.05) is 30.3 Å². The lowest BCUT2D eigenvalue weighted by atomic mass is 10.1. The third kappa shape index (κ3) is 3.22. The third-order valence-corrected chi connectivity index (χ3v) is 2.65. The highest BCUT2D eigenvalue weighted by molar-refractivity contribution is 6.00. The van der Waals surface area contributed by atoms with Crippen molar-refractivity contribution in [1.82, 2.24) is 4.98 Å². The Hall–Kier alpha value is -2.56. The number of amides is 1. The van der Waals surface area contributed by atoms with Crippen LogP contribution in [0.25, 0.3) is 0 Å². The molecule has 0 radical (unpaired) electrons. The summed E-state index contributed by atoms with van der Waals surface area (Å²) in [6.07, 6.45) is 0.212. The number of H-pyrrole nitrogens is 1. The van der Waals surface area contributed by atoms with Crippen LogP contribution in [0.15, 0.2) is 36.4 Å². The van der Waals surface area contributed by atoms with Crippen LogP contribution in [0.1, 0.15) is 21.7 Å². The molecular formula is C14H14N2O3. The summed E-state index contributed by atoms with van der Waals surface area (Å²) in [5, 5.41) is 11.6. The number of carboxylic acid groups (broad SMARTS) is 1. The summed E-state index contributed by atoms with van der Waals surface area (Å²) in [5.41, 5.74) is 1.86. The Morgan fingerprint density at radius 2 is 1.95 bits per heavy atom. The first-order valence-corrected chi connectivity index (χ1v) is 5.83. The van der Waals surface area contributed by atoms with Crippen molar-refractivity contribution in [3.05, 3.63) is 53.3 Å². The van der Waals surface area contributed by atoms with Gasteiger partial charge >= 0.3 is 5.97 Å². The number of rotatable bonds is 4. The van der Waals surface area contributed by atoms with Crippen molar-refractivity contribution in [1.29, 1.82) is 0 Å². The normalized spacial score (nSPS) is 10.2. The zero-order valence-corrected chi connectivity index (χ0v) is 10.4. The van der Waals surface area contributed by atoms with E-state index in [-0.39, 0.29) is 18.0 Å². The first-order chi connectivity index (χ1) is 9.06. The molecule has 0 bridgehead atoms. The number of carbonyl (C=O) groups excluding carboxylic acids is 1. The molecule has 0 fully saturated rings. The predicted molar refractivity (Wildman–Crippen MR) is 71.3 cm³/mol. The number of hydrogen-bond acceptors (Lipinski definition) is 2. The van der Waals surface area contributed by atoms with Crippen molar-refractivity contribution < 1.29 is 14.7 Å². The molecule has 0 aliphatic rings. The van der Waals surface area contributed by atoms with Gasteiger partial charge in [0.1, 0.15) is 5.69 Å². The number of carboxylic acids is 1. The van der Waals surface area contributed by atoms with Crippen LogP contribution in [-0.2, 0) is 11.2 Å². The Bertz CT molecular complexity index is 602. The molecule has 0 saturated heterocycles. The molecule has 0 saturated carbocycles. The quantitative estimate of drug-likeness (QED) is 0.786. The molecule has 0 spiro atoms. The van der Waals surface area contributed by atoms with Gasteiger partial charge < -0.3 is 15.4 Å². The van der Waals surface area contributed by atoms with E-state index in [1.54, 1.807) is 13.0 Å². The minimum atomic E-state index is -1.09. The Morgan fingerprint density at radius 1 is 1.26 bits per heavy atom. The molecule has 2 rings (SSSR count). The topological polar surface area (TPSA) is 82.2 Å². The maximum Gasteiger partial charge on any atom is 0.354 e. The molecule has 1 heterocycles. The van der Waals surface area contributed by atoms with Gasteiger partial charge in [0.25, 0.3) is 0 Å². The Kier molecular flexibility index (Phi) is 3.66. The van der Waals surface area contributed by atoms with Crippen LogP contribution in [0, 0.1) is 6.92 Å². The van der Waals surface area contributed by atoms with E-state index >= 15 is 0 Å². The molecule has 1 aromatic carbocycles. The molecule has 0 unspecified atom stereocenters. The van der Waals surface area contributed by atoms with E-state index in [4.69, 9.17) is 5.11 Å². The molecule has 0 aliphatic heterocycles. The summed E-state index contributed by atoms with van der Waals surface area (Å²) in [4.78, 5) is 25.5. The van der Waals surface area contributed by atoms with Gasteiger partial charge in [0.05, 0.1) is 12.1 Å². The Labute approximate surface area is 110 Å². The fraction of sp³-hybridized carbons (Fsp3) is 0.143. The van der Waals surface area contributed by atoms with Crippen molar-refractivity contribution in [2.45, 2.75) is 13.3 Å². The molecule has 19 heavy (non-hydrogen) atoms. The maximum atomic E-state index is 11.8. The number of aromatic nitrogens is 1. The average Bonchev–Trinajstić information content (AvgIpc) is 2.71. The molecule has 3 N–H and O–H groups in total. The van der Waals surface area contributed by atoms with Gasteiger partial charge in [-0.25, -0.2) is 4.79 Å². The highest BCUT2D eigenvalue weighted by atomic mass is 16.4. The second-order valence-electron chi connectivity index (χ2n) is 4.26. The van der Waals surface area contributed by atoms with E-state index in [0.29, 0.717) is 11.4 Å². The zero-order chi connectivity index (χ0) is 13.8. The third-order valence-electron chi connectivity index (χ3n) is 2.65. The lowest BCUT2D eigenvalue weighted by Crippen LogP contribution is -2.16. The molecule has 5 nitrogen and oxygen atoms in total. The lowest BCUT2D eigenvalue weighted by molar-refractivity contribution is -0.115. The van der Waals surface area contributed by atoms with Crippen LogP contribution in [0.5, 0.6) is 0 Å². The maximum absolute atomic E-state index is 11.8. The van der Waals surface area contributed by atoms with E-state index in [9.17, 15) is 9.59 Å². The standard InChI is InChI=1S/C14H14N2O3/c1-9-7-11(13(15-9)14(18)19)16-12(17)8-10-5-3-2-4-6-10/h2-7,15H,8H2,1H3,(H,16,17)(H,18,19). The van der Waals surface area contributed by atoms with Gasteiger partial charge in [-0.3, -0.25) is 4.79 Å². The number of hydrogen-bond donors (Lipinski definition) is 3. The van der Waals surface area contributed by atoms with Gasteiger partial charge in [-0.15, -0.1) is 0 Å². The molecule has 98 valence electrons. The predicted octanol–water partition coefficient (Wildman–Crippen LogP) is 2.20. The number of aromatic carboxylic acids is 1. The van der Waals surface area contributed by atoms with Gasteiger partial charge in [0.15, 0.2) is 0 Å². The smallest absolute Gasteiger partial charge is 0.354 e.